The normalized spacial score (nSPS) is 11.9. The molecule has 2 rings (SSSR count). The maximum atomic E-state index is 13.3. The van der Waals surface area contributed by atoms with Crippen LogP contribution in [0.15, 0.2) is 42.5 Å². The van der Waals surface area contributed by atoms with Crippen molar-refractivity contribution in [2.75, 3.05) is 5.32 Å². The summed E-state index contributed by atoms with van der Waals surface area (Å²) < 4.78 is 13.3. The molecule has 0 bridgehead atoms. The van der Waals surface area contributed by atoms with Crippen LogP contribution >= 0.6 is 12.2 Å². The number of halogens is 1. The van der Waals surface area contributed by atoms with Crippen molar-refractivity contribution >= 4 is 22.9 Å². The molecule has 0 aromatic heterocycles. The fourth-order valence-corrected chi connectivity index (χ4v) is 2.40. The summed E-state index contributed by atoms with van der Waals surface area (Å²) in [6.45, 7) is 4.11. The van der Waals surface area contributed by atoms with Gasteiger partial charge >= 0.3 is 0 Å². The lowest BCUT2D eigenvalue weighted by molar-refractivity contribution is 0.627. The van der Waals surface area contributed by atoms with Crippen LogP contribution in [-0.2, 0) is 0 Å². The van der Waals surface area contributed by atoms with E-state index in [0.29, 0.717) is 5.56 Å². The van der Waals surface area contributed by atoms with Crippen LogP contribution in [-0.4, -0.2) is 4.99 Å². The third-order valence-corrected chi connectivity index (χ3v) is 3.49. The van der Waals surface area contributed by atoms with E-state index in [1.54, 1.807) is 6.07 Å². The lowest BCUT2D eigenvalue weighted by Gasteiger charge is -2.20. The highest BCUT2D eigenvalue weighted by Crippen LogP contribution is 2.25. The highest BCUT2D eigenvalue weighted by molar-refractivity contribution is 7.80. The van der Waals surface area contributed by atoms with Gasteiger partial charge in [-0.3, -0.25) is 0 Å². The molecule has 2 nitrogen and oxygen atoms in total. The van der Waals surface area contributed by atoms with Gasteiger partial charge in [0.2, 0.25) is 0 Å². The molecule has 0 aliphatic heterocycles. The second-order valence-corrected chi connectivity index (χ2v) is 5.22. The Bertz CT molecular complexity index is 640. The summed E-state index contributed by atoms with van der Waals surface area (Å²) in [7, 11) is 0. The number of anilines is 1. The molecule has 0 aliphatic carbocycles. The molecule has 0 saturated carbocycles. The summed E-state index contributed by atoms with van der Waals surface area (Å²) >= 11 is 4.98. The summed E-state index contributed by atoms with van der Waals surface area (Å²) in [5.74, 6) is -0.345. The van der Waals surface area contributed by atoms with Crippen molar-refractivity contribution < 1.29 is 4.39 Å². The Labute approximate surface area is 123 Å². The average molecular weight is 288 g/mol. The van der Waals surface area contributed by atoms with Gasteiger partial charge in [-0.1, -0.05) is 36.5 Å². The van der Waals surface area contributed by atoms with Crippen LogP contribution in [0.3, 0.4) is 0 Å². The zero-order chi connectivity index (χ0) is 14.7. The van der Waals surface area contributed by atoms with Gasteiger partial charge in [-0.05, 0) is 43.2 Å². The summed E-state index contributed by atoms with van der Waals surface area (Å²) in [6.07, 6.45) is 0. The van der Waals surface area contributed by atoms with E-state index in [4.69, 9.17) is 18.0 Å². The summed E-state index contributed by atoms with van der Waals surface area (Å²) in [4.78, 5) is 0.184. The SMILES string of the molecule is Cc1ccccc1C(C)Nc1ccc(F)cc1C(N)=S. The Morgan fingerprint density at radius 2 is 1.95 bits per heavy atom. The van der Waals surface area contributed by atoms with Gasteiger partial charge in [-0.15, -0.1) is 0 Å². The molecule has 0 aliphatic rings. The molecular formula is C16H17FN2S. The summed E-state index contributed by atoms with van der Waals surface area (Å²) in [6, 6.07) is 12.6. The molecule has 0 fully saturated rings. The number of hydrogen-bond acceptors (Lipinski definition) is 2. The van der Waals surface area contributed by atoms with E-state index >= 15 is 0 Å². The minimum atomic E-state index is -0.345. The largest absolute Gasteiger partial charge is 0.389 e. The smallest absolute Gasteiger partial charge is 0.124 e. The Kier molecular flexibility index (Phi) is 4.35. The van der Waals surface area contributed by atoms with Gasteiger partial charge in [0.05, 0.1) is 0 Å². The van der Waals surface area contributed by atoms with Crippen LogP contribution in [0.25, 0.3) is 0 Å². The van der Waals surface area contributed by atoms with E-state index < -0.39 is 0 Å². The van der Waals surface area contributed by atoms with Crippen LogP contribution in [0.1, 0.15) is 29.7 Å². The maximum absolute atomic E-state index is 13.3. The first kappa shape index (κ1) is 14.5. The molecular weight excluding hydrogens is 271 g/mol. The quantitative estimate of drug-likeness (QED) is 0.837. The van der Waals surface area contributed by atoms with Gasteiger partial charge in [0.25, 0.3) is 0 Å². The molecule has 0 amide bonds. The maximum Gasteiger partial charge on any atom is 0.124 e. The first-order valence-corrected chi connectivity index (χ1v) is 6.81. The Morgan fingerprint density at radius 3 is 2.60 bits per heavy atom. The van der Waals surface area contributed by atoms with Crippen molar-refractivity contribution in [2.24, 2.45) is 5.73 Å². The molecule has 1 atom stereocenters. The fourth-order valence-electron chi connectivity index (χ4n) is 2.23. The highest BCUT2D eigenvalue weighted by atomic mass is 32.1. The van der Waals surface area contributed by atoms with Gasteiger partial charge in [-0.2, -0.15) is 0 Å². The molecule has 0 radical (unpaired) electrons. The lowest BCUT2D eigenvalue weighted by atomic mass is 10.0. The number of benzene rings is 2. The molecule has 0 spiro atoms. The van der Waals surface area contributed by atoms with Crippen molar-refractivity contribution in [3.05, 3.63) is 65.0 Å². The average Bonchev–Trinajstić information content (AvgIpc) is 2.41. The van der Waals surface area contributed by atoms with E-state index in [2.05, 4.69) is 31.3 Å². The van der Waals surface area contributed by atoms with Gasteiger partial charge in [0, 0.05) is 17.3 Å². The van der Waals surface area contributed by atoms with Crippen molar-refractivity contribution in [1.82, 2.24) is 0 Å². The second-order valence-electron chi connectivity index (χ2n) is 4.78. The molecule has 104 valence electrons. The van der Waals surface area contributed by atoms with Gasteiger partial charge < -0.3 is 11.1 Å². The van der Waals surface area contributed by atoms with Crippen molar-refractivity contribution in [2.45, 2.75) is 19.9 Å². The van der Waals surface area contributed by atoms with Crippen LogP contribution in [0.4, 0.5) is 10.1 Å². The minimum absolute atomic E-state index is 0.0785. The summed E-state index contributed by atoms with van der Waals surface area (Å²) in [5.41, 5.74) is 9.31. The fraction of sp³-hybridized carbons (Fsp3) is 0.188. The van der Waals surface area contributed by atoms with Crippen LogP contribution in [0.2, 0.25) is 0 Å². The van der Waals surface area contributed by atoms with E-state index in [0.717, 1.165) is 5.69 Å². The number of aryl methyl sites for hydroxylation is 1. The van der Waals surface area contributed by atoms with Gasteiger partial charge in [0.1, 0.15) is 10.8 Å². The Balaban J connectivity index is 2.31. The van der Waals surface area contributed by atoms with Crippen molar-refractivity contribution in [3.63, 3.8) is 0 Å². The van der Waals surface area contributed by atoms with Crippen molar-refractivity contribution in [1.29, 1.82) is 0 Å². The van der Waals surface area contributed by atoms with Gasteiger partial charge in [-0.25, -0.2) is 4.39 Å². The number of nitrogens with one attached hydrogen (secondary N) is 1. The van der Waals surface area contributed by atoms with E-state index in [9.17, 15) is 4.39 Å². The predicted molar refractivity (Wildman–Crippen MR) is 85.5 cm³/mol. The monoisotopic (exact) mass is 288 g/mol. The second kappa shape index (κ2) is 6.01. The van der Waals surface area contributed by atoms with Gasteiger partial charge in [0.15, 0.2) is 0 Å². The number of hydrogen-bond donors (Lipinski definition) is 2. The Hall–Kier alpha value is -1.94. The van der Waals surface area contributed by atoms with E-state index in [1.165, 1.54) is 23.3 Å². The molecule has 0 heterocycles. The predicted octanol–water partition coefficient (Wildman–Crippen LogP) is 3.94. The minimum Gasteiger partial charge on any atom is -0.389 e. The van der Waals surface area contributed by atoms with Crippen LogP contribution in [0, 0.1) is 12.7 Å². The molecule has 4 heteroatoms. The zero-order valence-corrected chi connectivity index (χ0v) is 12.3. The van der Waals surface area contributed by atoms with E-state index in [-0.39, 0.29) is 16.8 Å². The standard InChI is InChI=1S/C16H17FN2S/c1-10-5-3-4-6-13(10)11(2)19-15-8-7-12(17)9-14(15)16(18)20/h3-9,11,19H,1-2H3,(H2,18,20). The van der Waals surface area contributed by atoms with Crippen molar-refractivity contribution in [3.8, 4) is 0 Å². The molecule has 2 aromatic carbocycles. The molecule has 3 N–H and O–H groups in total. The third-order valence-electron chi connectivity index (χ3n) is 3.27. The lowest BCUT2D eigenvalue weighted by Crippen LogP contribution is -2.16. The molecule has 20 heavy (non-hydrogen) atoms. The zero-order valence-electron chi connectivity index (χ0n) is 11.5. The topological polar surface area (TPSA) is 38.0 Å². The van der Waals surface area contributed by atoms with Crippen LogP contribution in [0.5, 0.6) is 0 Å². The van der Waals surface area contributed by atoms with E-state index in [1.807, 2.05) is 12.1 Å². The number of rotatable bonds is 4. The molecule has 1 unspecified atom stereocenters. The first-order chi connectivity index (χ1) is 9.49. The molecule has 0 saturated heterocycles. The molecule has 2 aromatic rings. The van der Waals surface area contributed by atoms with Crippen LogP contribution < -0.4 is 11.1 Å². The number of thiocarbonyl (C=S) groups is 1. The number of nitrogens with two attached hydrogens (primary N) is 1. The highest BCUT2D eigenvalue weighted by Gasteiger charge is 2.12. The third kappa shape index (κ3) is 3.14. The summed E-state index contributed by atoms with van der Waals surface area (Å²) in [5, 5.41) is 3.34. The first-order valence-electron chi connectivity index (χ1n) is 6.40. The Morgan fingerprint density at radius 1 is 1.25 bits per heavy atom.